The Bertz CT molecular complexity index is 479. The predicted molar refractivity (Wildman–Crippen MR) is 80.3 cm³/mol. The molecule has 1 heterocycles. The third-order valence-electron chi connectivity index (χ3n) is 3.77. The highest BCUT2D eigenvalue weighted by Gasteiger charge is 2.22. The van der Waals surface area contributed by atoms with Gasteiger partial charge in [-0.25, -0.2) is 0 Å². The monoisotopic (exact) mass is 296 g/mol. The van der Waals surface area contributed by atoms with Crippen molar-refractivity contribution in [2.24, 2.45) is 5.92 Å². The van der Waals surface area contributed by atoms with Crippen LogP contribution in [0.2, 0.25) is 5.02 Å². The summed E-state index contributed by atoms with van der Waals surface area (Å²) in [5.41, 5.74) is 0.814. The zero-order valence-electron chi connectivity index (χ0n) is 11.9. The van der Waals surface area contributed by atoms with Gasteiger partial charge in [-0.2, -0.15) is 0 Å². The average Bonchev–Trinajstić information content (AvgIpc) is 2.41. The van der Waals surface area contributed by atoms with Crippen LogP contribution in [0.4, 0.5) is 0 Å². The van der Waals surface area contributed by atoms with Crippen molar-refractivity contribution in [2.75, 3.05) is 20.2 Å². The van der Waals surface area contributed by atoms with Crippen LogP contribution in [0.1, 0.15) is 18.9 Å². The standard InChI is InChI=1S/C15H21ClN2O2/c1-10-5-6-17-9-13(10)18-15(19)8-11-7-12(16)3-4-14(11)20-2/h3-4,7,10,13,17H,5-6,8-9H2,1-2H3,(H,18,19). The molecule has 20 heavy (non-hydrogen) atoms. The molecule has 0 bridgehead atoms. The van der Waals surface area contributed by atoms with E-state index < -0.39 is 0 Å². The van der Waals surface area contributed by atoms with E-state index in [2.05, 4.69) is 17.6 Å². The molecule has 0 radical (unpaired) electrons. The first-order valence-electron chi connectivity index (χ1n) is 6.92. The fourth-order valence-corrected chi connectivity index (χ4v) is 2.69. The predicted octanol–water partition coefficient (Wildman–Crippen LogP) is 2.01. The second kappa shape index (κ2) is 6.95. The normalized spacial score (nSPS) is 22.4. The van der Waals surface area contributed by atoms with Crippen LogP contribution in [0.3, 0.4) is 0 Å². The van der Waals surface area contributed by atoms with Gasteiger partial charge < -0.3 is 15.4 Å². The number of hydrogen-bond acceptors (Lipinski definition) is 3. The summed E-state index contributed by atoms with van der Waals surface area (Å²) in [6, 6.07) is 5.52. The first-order valence-corrected chi connectivity index (χ1v) is 7.30. The molecule has 2 unspecified atom stereocenters. The highest BCUT2D eigenvalue weighted by Crippen LogP contribution is 2.23. The molecule has 0 saturated carbocycles. The number of methoxy groups -OCH3 is 1. The van der Waals surface area contributed by atoms with E-state index in [4.69, 9.17) is 16.3 Å². The molecule has 1 saturated heterocycles. The lowest BCUT2D eigenvalue weighted by Gasteiger charge is -2.30. The van der Waals surface area contributed by atoms with Gasteiger partial charge in [0.15, 0.2) is 0 Å². The second-order valence-corrected chi connectivity index (χ2v) is 5.71. The van der Waals surface area contributed by atoms with E-state index in [1.165, 1.54) is 0 Å². The summed E-state index contributed by atoms with van der Waals surface area (Å²) in [4.78, 5) is 12.2. The number of ether oxygens (including phenoxy) is 1. The molecule has 1 aliphatic rings. The lowest BCUT2D eigenvalue weighted by Crippen LogP contribution is -2.50. The van der Waals surface area contributed by atoms with Gasteiger partial charge in [0, 0.05) is 23.2 Å². The third-order valence-corrected chi connectivity index (χ3v) is 4.00. The minimum absolute atomic E-state index is 0.00566. The average molecular weight is 297 g/mol. The molecule has 5 heteroatoms. The summed E-state index contributed by atoms with van der Waals surface area (Å²) in [5.74, 6) is 1.20. The highest BCUT2D eigenvalue weighted by molar-refractivity contribution is 6.30. The first-order chi connectivity index (χ1) is 9.60. The Morgan fingerprint density at radius 1 is 1.55 bits per heavy atom. The molecule has 2 N–H and O–H groups in total. The largest absolute Gasteiger partial charge is 0.496 e. The van der Waals surface area contributed by atoms with Crippen LogP contribution in [0.5, 0.6) is 5.75 Å². The van der Waals surface area contributed by atoms with E-state index in [0.717, 1.165) is 25.1 Å². The Balaban J connectivity index is 1.99. The summed E-state index contributed by atoms with van der Waals surface area (Å²) in [5, 5.41) is 7.01. The van der Waals surface area contributed by atoms with E-state index in [9.17, 15) is 4.79 Å². The van der Waals surface area contributed by atoms with Gasteiger partial charge in [0.05, 0.1) is 13.5 Å². The Labute approximate surface area is 124 Å². The van der Waals surface area contributed by atoms with Crippen molar-refractivity contribution in [3.8, 4) is 5.75 Å². The molecule has 0 aromatic heterocycles. The molecule has 1 amide bonds. The van der Waals surface area contributed by atoms with Crippen LogP contribution in [-0.2, 0) is 11.2 Å². The molecule has 1 aliphatic heterocycles. The van der Waals surface area contributed by atoms with Gasteiger partial charge in [-0.15, -0.1) is 0 Å². The van der Waals surface area contributed by atoms with E-state index in [1.54, 1.807) is 25.3 Å². The lowest BCUT2D eigenvalue weighted by atomic mass is 9.94. The van der Waals surface area contributed by atoms with E-state index in [0.29, 0.717) is 16.7 Å². The Morgan fingerprint density at radius 2 is 2.35 bits per heavy atom. The van der Waals surface area contributed by atoms with Crippen molar-refractivity contribution >= 4 is 17.5 Å². The summed E-state index contributed by atoms with van der Waals surface area (Å²) in [6.45, 7) is 4.03. The summed E-state index contributed by atoms with van der Waals surface area (Å²) in [7, 11) is 1.60. The van der Waals surface area contributed by atoms with Crippen LogP contribution in [0.15, 0.2) is 18.2 Å². The number of hydrogen-bond donors (Lipinski definition) is 2. The van der Waals surface area contributed by atoms with Gasteiger partial charge in [-0.05, 0) is 37.1 Å². The van der Waals surface area contributed by atoms with Crippen molar-refractivity contribution in [3.05, 3.63) is 28.8 Å². The van der Waals surface area contributed by atoms with Crippen LogP contribution in [0, 0.1) is 5.92 Å². The third kappa shape index (κ3) is 3.87. The maximum atomic E-state index is 12.2. The number of benzene rings is 1. The van der Waals surface area contributed by atoms with Gasteiger partial charge in [-0.3, -0.25) is 4.79 Å². The summed E-state index contributed by atoms with van der Waals surface area (Å²) >= 11 is 5.98. The van der Waals surface area contributed by atoms with Crippen LogP contribution in [-0.4, -0.2) is 32.1 Å². The van der Waals surface area contributed by atoms with Crippen LogP contribution < -0.4 is 15.4 Å². The Morgan fingerprint density at radius 3 is 3.05 bits per heavy atom. The maximum Gasteiger partial charge on any atom is 0.224 e. The summed E-state index contributed by atoms with van der Waals surface area (Å²) < 4.78 is 5.26. The van der Waals surface area contributed by atoms with Gasteiger partial charge in [0.25, 0.3) is 0 Å². The number of rotatable bonds is 4. The highest BCUT2D eigenvalue weighted by atomic mass is 35.5. The van der Waals surface area contributed by atoms with Gasteiger partial charge >= 0.3 is 0 Å². The van der Waals surface area contributed by atoms with Crippen molar-refractivity contribution in [1.82, 2.24) is 10.6 Å². The van der Waals surface area contributed by atoms with Gasteiger partial charge in [0.2, 0.25) is 5.91 Å². The number of carbonyl (C=O) groups excluding carboxylic acids is 1. The number of piperidine rings is 1. The number of carbonyl (C=O) groups is 1. The van der Waals surface area contributed by atoms with E-state index in [1.807, 2.05) is 0 Å². The van der Waals surface area contributed by atoms with Crippen LogP contribution in [0.25, 0.3) is 0 Å². The van der Waals surface area contributed by atoms with E-state index >= 15 is 0 Å². The Hall–Kier alpha value is -1.26. The van der Waals surface area contributed by atoms with Crippen molar-refractivity contribution < 1.29 is 9.53 Å². The number of amides is 1. The molecule has 4 nitrogen and oxygen atoms in total. The van der Waals surface area contributed by atoms with Crippen molar-refractivity contribution in [3.63, 3.8) is 0 Å². The molecule has 1 aromatic rings. The molecule has 2 atom stereocenters. The molecular formula is C15H21ClN2O2. The van der Waals surface area contributed by atoms with E-state index in [-0.39, 0.29) is 18.4 Å². The minimum Gasteiger partial charge on any atom is -0.496 e. The quantitative estimate of drug-likeness (QED) is 0.893. The van der Waals surface area contributed by atoms with Crippen LogP contribution >= 0.6 is 11.6 Å². The zero-order chi connectivity index (χ0) is 14.5. The number of halogens is 1. The fraction of sp³-hybridized carbons (Fsp3) is 0.533. The topological polar surface area (TPSA) is 50.4 Å². The minimum atomic E-state index is 0.00566. The fourth-order valence-electron chi connectivity index (χ4n) is 2.50. The molecular weight excluding hydrogens is 276 g/mol. The first kappa shape index (κ1) is 15.1. The molecule has 2 rings (SSSR count). The van der Waals surface area contributed by atoms with Gasteiger partial charge in [0.1, 0.15) is 5.75 Å². The SMILES string of the molecule is COc1ccc(Cl)cc1CC(=O)NC1CNCCC1C. The van der Waals surface area contributed by atoms with Crippen molar-refractivity contribution in [2.45, 2.75) is 25.8 Å². The molecule has 0 aliphatic carbocycles. The smallest absolute Gasteiger partial charge is 0.224 e. The second-order valence-electron chi connectivity index (χ2n) is 5.28. The molecule has 0 spiro atoms. The van der Waals surface area contributed by atoms with Gasteiger partial charge in [-0.1, -0.05) is 18.5 Å². The molecule has 110 valence electrons. The molecule has 1 aromatic carbocycles. The zero-order valence-corrected chi connectivity index (χ0v) is 12.7. The Kier molecular flexibility index (Phi) is 5.26. The summed E-state index contributed by atoms with van der Waals surface area (Å²) in [6.07, 6.45) is 1.37. The maximum absolute atomic E-state index is 12.2. The van der Waals surface area contributed by atoms with Crippen molar-refractivity contribution in [1.29, 1.82) is 0 Å². The molecule has 1 fully saturated rings. The lowest BCUT2D eigenvalue weighted by molar-refractivity contribution is -0.121. The number of nitrogens with one attached hydrogen (secondary N) is 2.